The van der Waals surface area contributed by atoms with Crippen LogP contribution in [0.1, 0.15) is 11.1 Å². The average molecular weight is 478 g/mol. The molecule has 0 unspecified atom stereocenters. The molecule has 2 heterocycles. The number of rotatable bonds is 8. The van der Waals surface area contributed by atoms with E-state index in [0.29, 0.717) is 29.3 Å². The first kappa shape index (κ1) is 22.8. The van der Waals surface area contributed by atoms with Gasteiger partial charge in [0.25, 0.3) is 0 Å². The molecule has 3 aromatic carbocycles. The fraction of sp³-hybridized carbons (Fsp3) is 0.0714. The third-order valence-electron chi connectivity index (χ3n) is 5.44. The second-order valence-electron chi connectivity index (χ2n) is 8.05. The van der Waals surface area contributed by atoms with E-state index >= 15 is 0 Å². The quantitative estimate of drug-likeness (QED) is 0.318. The summed E-state index contributed by atoms with van der Waals surface area (Å²) in [7, 11) is 0. The van der Waals surface area contributed by atoms with E-state index in [1.165, 1.54) is 0 Å². The highest BCUT2D eigenvalue weighted by atomic mass is 16.5. The third kappa shape index (κ3) is 5.39. The van der Waals surface area contributed by atoms with Crippen molar-refractivity contribution in [1.29, 1.82) is 0 Å². The van der Waals surface area contributed by atoms with Crippen molar-refractivity contribution < 1.29 is 14.1 Å². The maximum atomic E-state index is 12.8. The van der Waals surface area contributed by atoms with Gasteiger partial charge in [-0.3, -0.25) is 10.1 Å². The summed E-state index contributed by atoms with van der Waals surface area (Å²) in [5.41, 5.74) is 10.00. The van der Waals surface area contributed by atoms with Crippen LogP contribution in [-0.2, 0) is 17.8 Å². The molecule has 8 nitrogen and oxygen atoms in total. The smallest absolute Gasteiger partial charge is 0.241 e. The zero-order valence-electron chi connectivity index (χ0n) is 19.3. The molecular formula is C28H23N5O3. The van der Waals surface area contributed by atoms with Gasteiger partial charge in [-0.1, -0.05) is 78.0 Å². The van der Waals surface area contributed by atoms with Crippen LogP contribution in [-0.4, -0.2) is 21.0 Å². The van der Waals surface area contributed by atoms with Gasteiger partial charge in [0.15, 0.2) is 0 Å². The minimum atomic E-state index is -0.243. The molecule has 5 rings (SSSR count). The van der Waals surface area contributed by atoms with Crippen LogP contribution in [0.2, 0.25) is 0 Å². The average Bonchev–Trinajstić information content (AvgIpc) is 3.32. The molecule has 0 spiro atoms. The van der Waals surface area contributed by atoms with Crippen LogP contribution in [0.25, 0.3) is 22.5 Å². The van der Waals surface area contributed by atoms with E-state index in [0.717, 1.165) is 16.7 Å². The predicted octanol–water partition coefficient (Wildman–Crippen LogP) is 5.14. The van der Waals surface area contributed by atoms with Crippen LogP contribution in [0.5, 0.6) is 5.75 Å². The number of carbonyl (C=O) groups is 1. The van der Waals surface area contributed by atoms with Crippen molar-refractivity contribution in [3.05, 3.63) is 108 Å². The zero-order chi connectivity index (χ0) is 24.7. The Labute approximate surface area is 207 Å². The standard InChI is InChI=1S/C28H23N5O3/c29-28-30-15-14-23(31-28)25-26(33-36-27(25)32-24(34)16-19-8-3-1-4-9-19)21-12-7-13-22(17-21)35-18-20-10-5-2-6-11-20/h1-15,17H,16,18H2,(H,32,34)(H2,29,30,31). The Kier molecular flexibility index (Phi) is 6.66. The molecule has 36 heavy (non-hydrogen) atoms. The van der Waals surface area contributed by atoms with Gasteiger partial charge < -0.3 is 15.0 Å². The molecule has 0 radical (unpaired) electrons. The summed E-state index contributed by atoms with van der Waals surface area (Å²) >= 11 is 0. The number of aromatic nitrogens is 3. The van der Waals surface area contributed by atoms with Crippen LogP contribution < -0.4 is 15.8 Å². The number of nitrogen functional groups attached to an aromatic ring is 1. The molecule has 178 valence electrons. The lowest BCUT2D eigenvalue weighted by Crippen LogP contribution is -2.14. The summed E-state index contributed by atoms with van der Waals surface area (Å²) in [6.07, 6.45) is 1.73. The monoisotopic (exact) mass is 477 g/mol. The van der Waals surface area contributed by atoms with E-state index in [1.54, 1.807) is 12.3 Å². The van der Waals surface area contributed by atoms with E-state index < -0.39 is 0 Å². The first-order chi connectivity index (χ1) is 17.7. The minimum Gasteiger partial charge on any atom is -0.489 e. The summed E-state index contributed by atoms with van der Waals surface area (Å²) in [6, 6.07) is 28.5. The summed E-state index contributed by atoms with van der Waals surface area (Å²) in [6.45, 7) is 0.430. The Morgan fingerprint density at radius 2 is 1.67 bits per heavy atom. The van der Waals surface area contributed by atoms with Gasteiger partial charge in [-0.05, 0) is 29.3 Å². The second-order valence-corrected chi connectivity index (χ2v) is 8.05. The lowest BCUT2D eigenvalue weighted by molar-refractivity contribution is -0.115. The molecule has 1 amide bonds. The van der Waals surface area contributed by atoms with Crippen molar-refractivity contribution in [3.63, 3.8) is 0 Å². The SMILES string of the molecule is Nc1nccc(-c2c(-c3cccc(OCc4ccccc4)c3)noc2NC(=O)Cc2ccccc2)n1. The first-order valence-corrected chi connectivity index (χ1v) is 11.4. The van der Waals surface area contributed by atoms with Crippen molar-refractivity contribution >= 4 is 17.7 Å². The van der Waals surface area contributed by atoms with Crippen LogP contribution >= 0.6 is 0 Å². The molecule has 0 aliphatic rings. The topological polar surface area (TPSA) is 116 Å². The van der Waals surface area contributed by atoms with Gasteiger partial charge in [-0.25, -0.2) is 9.97 Å². The highest BCUT2D eigenvalue weighted by Crippen LogP contribution is 2.38. The van der Waals surface area contributed by atoms with Gasteiger partial charge in [0, 0.05) is 11.8 Å². The summed E-state index contributed by atoms with van der Waals surface area (Å²) in [5.74, 6) is 0.704. The van der Waals surface area contributed by atoms with E-state index in [9.17, 15) is 4.79 Å². The lowest BCUT2D eigenvalue weighted by atomic mass is 10.0. The molecule has 2 aromatic heterocycles. The number of nitrogens with one attached hydrogen (secondary N) is 1. The van der Waals surface area contributed by atoms with Crippen molar-refractivity contribution in [2.24, 2.45) is 0 Å². The number of anilines is 2. The Balaban J connectivity index is 1.45. The molecule has 0 fully saturated rings. The van der Waals surface area contributed by atoms with Gasteiger partial charge >= 0.3 is 0 Å². The highest BCUT2D eigenvalue weighted by Gasteiger charge is 2.23. The minimum absolute atomic E-state index is 0.0983. The van der Waals surface area contributed by atoms with E-state index in [2.05, 4.69) is 20.4 Å². The number of amides is 1. The molecular weight excluding hydrogens is 454 g/mol. The van der Waals surface area contributed by atoms with Gasteiger partial charge in [0.2, 0.25) is 17.7 Å². The molecule has 0 atom stereocenters. The van der Waals surface area contributed by atoms with Gasteiger partial charge in [-0.2, -0.15) is 0 Å². The summed E-state index contributed by atoms with van der Waals surface area (Å²) in [5, 5.41) is 7.09. The van der Waals surface area contributed by atoms with Crippen LogP contribution in [0.15, 0.2) is 102 Å². The second kappa shape index (κ2) is 10.5. The molecule has 5 aromatic rings. The van der Waals surface area contributed by atoms with Gasteiger partial charge in [0.1, 0.15) is 18.1 Å². The zero-order valence-corrected chi connectivity index (χ0v) is 19.3. The first-order valence-electron chi connectivity index (χ1n) is 11.4. The maximum Gasteiger partial charge on any atom is 0.241 e. The number of carbonyl (C=O) groups excluding carboxylic acids is 1. The number of nitrogens with two attached hydrogens (primary N) is 1. The molecule has 0 saturated carbocycles. The normalized spacial score (nSPS) is 10.7. The number of ether oxygens (including phenoxy) is 1. The maximum absolute atomic E-state index is 12.8. The Morgan fingerprint density at radius 1 is 0.917 bits per heavy atom. The highest BCUT2D eigenvalue weighted by molar-refractivity contribution is 5.97. The molecule has 0 aliphatic carbocycles. The molecule has 8 heteroatoms. The number of benzene rings is 3. The fourth-order valence-corrected chi connectivity index (χ4v) is 3.75. The third-order valence-corrected chi connectivity index (χ3v) is 5.44. The predicted molar refractivity (Wildman–Crippen MR) is 137 cm³/mol. The van der Waals surface area contributed by atoms with E-state index in [4.69, 9.17) is 15.0 Å². The fourth-order valence-electron chi connectivity index (χ4n) is 3.75. The van der Waals surface area contributed by atoms with Crippen molar-refractivity contribution in [3.8, 4) is 28.3 Å². The lowest BCUT2D eigenvalue weighted by Gasteiger charge is -2.09. The number of nitrogens with zero attached hydrogens (tertiary/aromatic N) is 3. The molecule has 0 aliphatic heterocycles. The van der Waals surface area contributed by atoms with Crippen molar-refractivity contribution in [2.75, 3.05) is 11.1 Å². The Morgan fingerprint density at radius 3 is 2.42 bits per heavy atom. The largest absolute Gasteiger partial charge is 0.489 e. The summed E-state index contributed by atoms with van der Waals surface area (Å²) in [4.78, 5) is 21.1. The Bertz CT molecular complexity index is 1470. The molecule has 0 saturated heterocycles. The number of hydrogen-bond donors (Lipinski definition) is 2. The van der Waals surface area contributed by atoms with Crippen molar-refractivity contribution in [1.82, 2.24) is 15.1 Å². The van der Waals surface area contributed by atoms with Crippen molar-refractivity contribution in [2.45, 2.75) is 13.0 Å². The molecule has 0 bridgehead atoms. The van der Waals surface area contributed by atoms with E-state index in [1.807, 2.05) is 84.9 Å². The molecule has 3 N–H and O–H groups in total. The van der Waals surface area contributed by atoms with Gasteiger partial charge in [-0.15, -0.1) is 0 Å². The van der Waals surface area contributed by atoms with Crippen LogP contribution in [0.4, 0.5) is 11.8 Å². The van der Waals surface area contributed by atoms with Gasteiger partial charge in [0.05, 0.1) is 17.7 Å². The van der Waals surface area contributed by atoms with E-state index in [-0.39, 0.29) is 24.2 Å². The number of hydrogen-bond acceptors (Lipinski definition) is 7. The summed E-state index contributed by atoms with van der Waals surface area (Å²) < 4.78 is 11.6. The Hall–Kier alpha value is -4.98. The van der Waals surface area contributed by atoms with Crippen LogP contribution in [0.3, 0.4) is 0 Å². The van der Waals surface area contributed by atoms with Crippen LogP contribution in [0, 0.1) is 0 Å².